The first kappa shape index (κ1) is 37.4. The van der Waals surface area contributed by atoms with Crippen molar-refractivity contribution in [2.45, 2.75) is 94.9 Å². The third kappa shape index (κ3) is 9.96. The van der Waals surface area contributed by atoms with Crippen LogP contribution in [0.2, 0.25) is 0 Å². The average Bonchev–Trinajstić information content (AvgIpc) is 3.00. The maximum absolute atomic E-state index is 11.2. The Morgan fingerprint density at radius 1 is 0.804 bits per heavy atom. The van der Waals surface area contributed by atoms with E-state index in [1.165, 1.54) is 50.2 Å². The number of carbonyl (C=O) groups is 1. The number of aromatic nitrogens is 1. The van der Waals surface area contributed by atoms with Gasteiger partial charge in [-0.2, -0.15) is 0 Å². The third-order valence-corrected chi connectivity index (χ3v) is 7.70. The number of pyridine rings is 1. The number of aliphatic hydroxyl groups excluding tert-OH is 1. The molecule has 1 radical (unpaired) electrons. The van der Waals surface area contributed by atoms with Crippen LogP contribution in [-0.2, 0) is 37.7 Å². The Labute approximate surface area is 291 Å². The fraction of sp³-hybridized carbons (Fsp3) is 0.429. The predicted octanol–water partition coefficient (Wildman–Crippen LogP) is 11.6. The number of carbonyl (C=O) groups excluding carboxylic acids is 1. The average molecular weight is 795 g/mol. The van der Waals surface area contributed by atoms with E-state index >= 15 is 0 Å². The molecule has 46 heavy (non-hydrogen) atoms. The molecule has 0 amide bonds. The number of ketones is 1. The quantitative estimate of drug-likeness (QED) is 0.101. The topological polar surface area (TPSA) is 50.2 Å². The molecular formula is C42H52IrNO2-. The summed E-state index contributed by atoms with van der Waals surface area (Å²) < 4.78 is 0. The van der Waals surface area contributed by atoms with Gasteiger partial charge in [-0.05, 0) is 80.3 Å². The molecule has 4 heteroatoms. The molecule has 3 nitrogen and oxygen atoms in total. The fourth-order valence-corrected chi connectivity index (χ4v) is 6.25. The van der Waals surface area contributed by atoms with Crippen LogP contribution in [0.5, 0.6) is 0 Å². The van der Waals surface area contributed by atoms with Gasteiger partial charge in [0.25, 0.3) is 0 Å². The Kier molecular flexibility index (Phi) is 12.4. The molecule has 0 saturated carbocycles. The number of fused-ring (bicyclic) bond motifs is 5. The molecule has 0 aliphatic heterocycles. The number of benzene rings is 3. The van der Waals surface area contributed by atoms with Crippen molar-refractivity contribution in [2.75, 3.05) is 0 Å². The van der Waals surface area contributed by atoms with Crippen molar-refractivity contribution in [3.63, 3.8) is 0 Å². The van der Waals surface area contributed by atoms with E-state index in [4.69, 9.17) is 4.98 Å². The molecule has 0 unspecified atom stereocenters. The van der Waals surface area contributed by atoms with Crippen molar-refractivity contribution in [3.8, 4) is 33.5 Å². The van der Waals surface area contributed by atoms with E-state index < -0.39 is 0 Å². The van der Waals surface area contributed by atoms with E-state index in [1.54, 1.807) is 0 Å². The first-order valence-electron chi connectivity index (χ1n) is 16.5. The molecule has 3 aromatic carbocycles. The molecule has 1 N–H and O–H groups in total. The largest absolute Gasteiger partial charge is 0.512 e. The summed E-state index contributed by atoms with van der Waals surface area (Å²) in [5.41, 5.74) is 10.5. The predicted molar refractivity (Wildman–Crippen MR) is 191 cm³/mol. The van der Waals surface area contributed by atoms with Gasteiger partial charge in [0.15, 0.2) is 5.78 Å². The van der Waals surface area contributed by atoms with Crippen molar-refractivity contribution in [3.05, 3.63) is 89.8 Å². The van der Waals surface area contributed by atoms with Gasteiger partial charge in [-0.3, -0.25) is 4.79 Å². The monoisotopic (exact) mass is 795 g/mol. The zero-order valence-corrected chi connectivity index (χ0v) is 31.9. The van der Waals surface area contributed by atoms with Gasteiger partial charge in [0.1, 0.15) is 0 Å². The van der Waals surface area contributed by atoms with Gasteiger partial charge in [-0.1, -0.05) is 111 Å². The van der Waals surface area contributed by atoms with Crippen LogP contribution in [0, 0.1) is 28.7 Å². The van der Waals surface area contributed by atoms with Crippen molar-refractivity contribution in [1.82, 2.24) is 4.98 Å². The van der Waals surface area contributed by atoms with Crippen molar-refractivity contribution in [1.29, 1.82) is 0 Å². The second kappa shape index (κ2) is 15.2. The van der Waals surface area contributed by atoms with Crippen LogP contribution < -0.4 is 0 Å². The smallest absolute Gasteiger partial charge is 0.159 e. The van der Waals surface area contributed by atoms with E-state index in [1.807, 2.05) is 40.0 Å². The molecule has 1 aromatic heterocycles. The summed E-state index contributed by atoms with van der Waals surface area (Å²) in [7, 11) is 0. The van der Waals surface area contributed by atoms with Gasteiger partial charge in [0.05, 0.1) is 5.76 Å². The Morgan fingerprint density at radius 3 is 2.07 bits per heavy atom. The first-order chi connectivity index (χ1) is 21.0. The second-order valence-electron chi connectivity index (χ2n) is 16.0. The number of rotatable bonds is 7. The Bertz CT molecular complexity index is 1700. The van der Waals surface area contributed by atoms with Crippen LogP contribution in [0.4, 0.5) is 0 Å². The van der Waals surface area contributed by atoms with Crippen LogP contribution in [-0.4, -0.2) is 15.9 Å². The SMILES string of the molecule is CC(C)(C)Cc1ccc2c(c1)-c1ccc[c-]c1-c1nccc3cc(CC(C)(C)C)cc-2c13.CC(C)CC(=O)/C=C(\O)CC(C)C.[Ir]. The van der Waals surface area contributed by atoms with Gasteiger partial charge in [0.2, 0.25) is 0 Å². The summed E-state index contributed by atoms with van der Waals surface area (Å²) in [6, 6.07) is 23.9. The molecule has 0 fully saturated rings. The van der Waals surface area contributed by atoms with Gasteiger partial charge < -0.3 is 10.1 Å². The third-order valence-electron chi connectivity index (χ3n) is 7.70. The molecular weight excluding hydrogens is 743 g/mol. The summed E-state index contributed by atoms with van der Waals surface area (Å²) in [4.78, 5) is 16.1. The number of allylic oxidation sites excluding steroid dienone is 2. The standard InChI is InChI=1S/C31H32N.C11H20O2.Ir/c1-30(2,3)18-20-11-12-24-26(16-20)23-9-7-8-10-25(23)29-28-22(13-14-32-29)15-21(17-27(24)28)19-31(4,5)6;1-8(2)5-10(12)7-11(13)6-9(3)4;/h7-9,11-17H,18-19H2,1-6H3;7-9,12H,5-6H2,1-4H3;/q-1;;/b;10-7-;. The molecule has 0 bridgehead atoms. The number of nitrogens with zero attached hydrogens (tertiary/aromatic N) is 1. The maximum Gasteiger partial charge on any atom is 0.159 e. The van der Waals surface area contributed by atoms with Crippen LogP contribution in [0.25, 0.3) is 44.3 Å². The van der Waals surface area contributed by atoms with E-state index in [-0.39, 0.29) is 42.5 Å². The molecule has 0 atom stereocenters. The summed E-state index contributed by atoms with van der Waals surface area (Å²) in [6.07, 6.45) is 6.51. The minimum Gasteiger partial charge on any atom is -0.512 e. The Morgan fingerprint density at radius 2 is 1.43 bits per heavy atom. The zero-order valence-electron chi connectivity index (χ0n) is 29.5. The molecule has 0 spiro atoms. The first-order valence-corrected chi connectivity index (χ1v) is 16.5. The number of aliphatic hydroxyl groups is 1. The molecule has 1 heterocycles. The van der Waals surface area contributed by atoms with Crippen molar-refractivity contribution in [2.24, 2.45) is 22.7 Å². The zero-order chi connectivity index (χ0) is 33.1. The maximum atomic E-state index is 11.2. The van der Waals surface area contributed by atoms with E-state index in [9.17, 15) is 9.90 Å². The van der Waals surface area contributed by atoms with E-state index in [0.29, 0.717) is 24.7 Å². The molecule has 247 valence electrons. The normalized spacial score (nSPS) is 12.6. The molecule has 0 saturated heterocycles. The summed E-state index contributed by atoms with van der Waals surface area (Å²) in [5, 5.41) is 11.9. The van der Waals surface area contributed by atoms with Crippen LogP contribution in [0.3, 0.4) is 0 Å². The van der Waals surface area contributed by atoms with Gasteiger partial charge in [-0.25, -0.2) is 0 Å². The summed E-state index contributed by atoms with van der Waals surface area (Å²) >= 11 is 0. The second-order valence-corrected chi connectivity index (χ2v) is 16.0. The number of hydrogen-bond donors (Lipinski definition) is 1. The minimum absolute atomic E-state index is 0. The molecule has 4 aromatic rings. The summed E-state index contributed by atoms with van der Waals surface area (Å²) in [6.45, 7) is 21.9. The van der Waals surface area contributed by atoms with Crippen LogP contribution >= 0.6 is 0 Å². The number of hydrogen-bond acceptors (Lipinski definition) is 3. The Balaban J connectivity index is 0.000000352. The van der Waals surface area contributed by atoms with Gasteiger partial charge >= 0.3 is 0 Å². The molecule has 5 rings (SSSR count). The van der Waals surface area contributed by atoms with E-state index in [0.717, 1.165) is 24.1 Å². The van der Waals surface area contributed by atoms with Gasteiger partial charge in [-0.15, -0.1) is 29.8 Å². The Hall–Kier alpha value is -3.07. The van der Waals surface area contributed by atoms with Crippen LogP contribution in [0.15, 0.2) is 72.6 Å². The van der Waals surface area contributed by atoms with Gasteiger partial charge in [0, 0.05) is 45.2 Å². The summed E-state index contributed by atoms with van der Waals surface area (Å²) in [5.74, 6) is 0.979. The minimum atomic E-state index is 0. The van der Waals surface area contributed by atoms with Crippen molar-refractivity contribution >= 4 is 16.6 Å². The molecule has 1 aliphatic rings. The molecule has 1 aliphatic carbocycles. The van der Waals surface area contributed by atoms with Crippen LogP contribution in [0.1, 0.15) is 93.2 Å². The fourth-order valence-electron chi connectivity index (χ4n) is 6.25. The van der Waals surface area contributed by atoms with Crippen molar-refractivity contribution < 1.29 is 30.0 Å². The van der Waals surface area contributed by atoms with E-state index in [2.05, 4.69) is 96.1 Å².